The number of imidazole rings is 1. The van der Waals surface area contributed by atoms with Crippen LogP contribution in [0.2, 0.25) is 0 Å². The maximum atomic E-state index is 12.6. The summed E-state index contributed by atoms with van der Waals surface area (Å²) in [4.78, 5) is 29.4. The summed E-state index contributed by atoms with van der Waals surface area (Å²) in [7, 11) is 0. The summed E-state index contributed by atoms with van der Waals surface area (Å²) in [6.07, 6.45) is 4.11. The van der Waals surface area contributed by atoms with Gasteiger partial charge in [-0.15, -0.1) is 11.3 Å². The Balaban J connectivity index is 1.25. The molecule has 0 radical (unpaired) electrons. The van der Waals surface area contributed by atoms with E-state index in [9.17, 15) is 4.79 Å². The molecule has 2 N–H and O–H groups in total. The number of hydrogen-bond donors (Lipinski definition) is 2. The first kappa shape index (κ1) is 19.8. The first-order valence-corrected chi connectivity index (χ1v) is 11.1. The Hall–Kier alpha value is -3.14. The largest absolute Gasteiger partial charge is 0.325 e. The van der Waals surface area contributed by atoms with E-state index in [1.807, 2.05) is 24.3 Å². The van der Waals surface area contributed by atoms with Crippen LogP contribution in [0.15, 0.2) is 54.3 Å². The van der Waals surface area contributed by atoms with E-state index in [1.165, 1.54) is 6.20 Å². The van der Waals surface area contributed by atoms with Crippen LogP contribution in [0.4, 0.5) is 0 Å². The number of piperazine rings is 1. The minimum atomic E-state index is -0.306. The number of benzene rings is 1. The zero-order chi connectivity index (χ0) is 21.2. The zero-order valence-corrected chi connectivity index (χ0v) is 17.9. The maximum absolute atomic E-state index is 12.6. The van der Waals surface area contributed by atoms with Crippen LogP contribution >= 0.6 is 11.3 Å². The van der Waals surface area contributed by atoms with E-state index in [2.05, 4.69) is 48.1 Å². The van der Waals surface area contributed by atoms with Crippen LogP contribution in [0.1, 0.15) is 21.9 Å². The van der Waals surface area contributed by atoms with Gasteiger partial charge in [-0.25, -0.2) is 9.97 Å². The lowest BCUT2D eigenvalue weighted by Gasteiger charge is -2.26. The molecule has 4 aromatic rings. The van der Waals surface area contributed by atoms with Gasteiger partial charge in [-0.1, -0.05) is 18.7 Å². The van der Waals surface area contributed by atoms with E-state index >= 15 is 0 Å². The van der Waals surface area contributed by atoms with Crippen molar-refractivity contribution in [2.75, 3.05) is 26.2 Å². The normalized spacial score (nSPS) is 14.8. The van der Waals surface area contributed by atoms with Crippen molar-refractivity contribution < 1.29 is 4.79 Å². The Bertz CT molecular complexity index is 1260. The van der Waals surface area contributed by atoms with Gasteiger partial charge in [-0.3, -0.25) is 19.1 Å². The smallest absolute Gasteiger partial charge is 0.275 e. The van der Waals surface area contributed by atoms with Crippen LogP contribution in [0, 0.1) is 0 Å². The highest BCUT2D eigenvalue weighted by Gasteiger charge is 2.15. The average Bonchev–Trinajstić information content (AvgIpc) is 3.35. The van der Waals surface area contributed by atoms with E-state index in [4.69, 9.17) is 4.98 Å². The molecule has 1 aliphatic heterocycles. The molecule has 1 fully saturated rings. The summed E-state index contributed by atoms with van der Waals surface area (Å²) >= 11 is 1.60. The van der Waals surface area contributed by atoms with Crippen LogP contribution in [0.5, 0.6) is 0 Å². The molecule has 0 atom stereocenters. The topological polar surface area (TPSA) is 87.5 Å². The van der Waals surface area contributed by atoms with Gasteiger partial charge in [0.25, 0.3) is 5.91 Å². The van der Waals surface area contributed by atoms with E-state index in [-0.39, 0.29) is 11.6 Å². The SMILES string of the molecule is C=C(Cc1csc2nc(CN3CCNCC3)cn12)NC(=O)c1cnc2ccccc2n1. The lowest BCUT2D eigenvalue weighted by molar-refractivity contribution is 0.0960. The van der Waals surface area contributed by atoms with Crippen LogP contribution in [-0.4, -0.2) is 56.3 Å². The first-order chi connectivity index (χ1) is 15.2. The van der Waals surface area contributed by atoms with Crippen molar-refractivity contribution in [3.05, 3.63) is 71.4 Å². The molecule has 8 nitrogen and oxygen atoms in total. The van der Waals surface area contributed by atoms with E-state index in [1.54, 1.807) is 11.3 Å². The van der Waals surface area contributed by atoms with Gasteiger partial charge in [0.1, 0.15) is 5.69 Å². The zero-order valence-electron chi connectivity index (χ0n) is 17.0. The standard InChI is InChI=1S/C22H23N7OS/c1-15(25-21(30)20-11-24-18-4-2-3-5-19(18)27-20)10-17-14-31-22-26-16(13-29(17)22)12-28-8-6-23-7-9-28/h2-5,11,13-14,23H,1,6-10,12H2,(H,25,30). The second-order valence-electron chi connectivity index (χ2n) is 7.62. The molecule has 0 aliphatic carbocycles. The number of carbonyl (C=O) groups is 1. The molecule has 1 saturated heterocycles. The molecule has 9 heteroatoms. The van der Waals surface area contributed by atoms with Gasteiger partial charge in [-0.2, -0.15) is 0 Å². The van der Waals surface area contributed by atoms with Gasteiger partial charge in [0.15, 0.2) is 4.96 Å². The second kappa shape index (κ2) is 8.54. The molecule has 31 heavy (non-hydrogen) atoms. The van der Waals surface area contributed by atoms with Crippen molar-refractivity contribution in [3.8, 4) is 0 Å². The van der Waals surface area contributed by atoms with Crippen molar-refractivity contribution in [1.82, 2.24) is 34.9 Å². The lowest BCUT2D eigenvalue weighted by atomic mass is 10.2. The second-order valence-corrected chi connectivity index (χ2v) is 8.45. The van der Waals surface area contributed by atoms with Crippen LogP contribution < -0.4 is 10.6 Å². The Labute approximate surface area is 183 Å². The van der Waals surface area contributed by atoms with Crippen molar-refractivity contribution >= 4 is 33.2 Å². The number of hydrogen-bond acceptors (Lipinski definition) is 7. The van der Waals surface area contributed by atoms with Crippen molar-refractivity contribution in [1.29, 1.82) is 0 Å². The lowest BCUT2D eigenvalue weighted by Crippen LogP contribution is -2.42. The third-order valence-electron chi connectivity index (χ3n) is 5.29. The fraction of sp³-hybridized carbons (Fsp3) is 0.273. The predicted molar refractivity (Wildman–Crippen MR) is 121 cm³/mol. The van der Waals surface area contributed by atoms with E-state index in [0.29, 0.717) is 17.6 Å². The molecular weight excluding hydrogens is 410 g/mol. The fourth-order valence-electron chi connectivity index (χ4n) is 3.73. The molecule has 3 aromatic heterocycles. The molecule has 0 unspecified atom stereocenters. The van der Waals surface area contributed by atoms with Gasteiger partial charge in [0, 0.05) is 62.1 Å². The van der Waals surface area contributed by atoms with Crippen LogP contribution in [0.25, 0.3) is 16.0 Å². The van der Waals surface area contributed by atoms with Gasteiger partial charge in [0.05, 0.1) is 22.9 Å². The van der Waals surface area contributed by atoms with Gasteiger partial charge < -0.3 is 10.6 Å². The number of thiazole rings is 1. The minimum absolute atomic E-state index is 0.274. The average molecular weight is 434 g/mol. The van der Waals surface area contributed by atoms with Crippen molar-refractivity contribution in [2.24, 2.45) is 0 Å². The number of nitrogens with one attached hydrogen (secondary N) is 2. The summed E-state index contributed by atoms with van der Waals surface area (Å²) in [5, 5.41) is 8.29. The highest BCUT2D eigenvalue weighted by molar-refractivity contribution is 7.15. The molecule has 158 valence electrons. The Morgan fingerprint density at radius 1 is 1.19 bits per heavy atom. The molecule has 1 aromatic carbocycles. The number of fused-ring (bicyclic) bond motifs is 2. The highest BCUT2D eigenvalue weighted by atomic mass is 32.1. The Kier molecular flexibility index (Phi) is 5.46. The third-order valence-corrected chi connectivity index (χ3v) is 6.18. The number of para-hydroxylation sites is 2. The molecule has 1 aliphatic rings. The molecule has 0 saturated carbocycles. The number of nitrogens with zero attached hydrogens (tertiary/aromatic N) is 5. The number of aromatic nitrogens is 4. The fourth-order valence-corrected chi connectivity index (χ4v) is 4.62. The predicted octanol–water partition coefficient (Wildman–Crippen LogP) is 2.23. The molecule has 1 amide bonds. The third kappa shape index (κ3) is 4.34. The van der Waals surface area contributed by atoms with Crippen molar-refractivity contribution in [3.63, 3.8) is 0 Å². The number of allylic oxidation sites excluding steroid dienone is 1. The van der Waals surface area contributed by atoms with E-state index < -0.39 is 0 Å². The maximum Gasteiger partial charge on any atom is 0.275 e. The summed E-state index contributed by atoms with van der Waals surface area (Å²) in [6.45, 7) is 9.02. The van der Waals surface area contributed by atoms with Crippen LogP contribution in [-0.2, 0) is 13.0 Å². The van der Waals surface area contributed by atoms with E-state index in [0.717, 1.165) is 54.6 Å². The summed E-state index contributed by atoms with van der Waals surface area (Å²) < 4.78 is 2.09. The van der Waals surface area contributed by atoms with Gasteiger partial charge in [0.2, 0.25) is 0 Å². The number of carbonyl (C=O) groups excluding carboxylic acids is 1. The molecule has 4 heterocycles. The molecule has 5 rings (SSSR count). The summed E-state index contributed by atoms with van der Waals surface area (Å²) in [6, 6.07) is 7.48. The monoisotopic (exact) mass is 433 g/mol. The minimum Gasteiger partial charge on any atom is -0.325 e. The molecular formula is C22H23N7OS. The van der Waals surface area contributed by atoms with Gasteiger partial charge in [-0.05, 0) is 12.1 Å². The quantitative estimate of drug-likeness (QED) is 0.485. The first-order valence-electron chi connectivity index (χ1n) is 10.2. The highest BCUT2D eigenvalue weighted by Crippen LogP contribution is 2.20. The van der Waals surface area contributed by atoms with Crippen molar-refractivity contribution in [2.45, 2.75) is 13.0 Å². The Morgan fingerprint density at radius 2 is 2.00 bits per heavy atom. The van der Waals surface area contributed by atoms with Gasteiger partial charge >= 0.3 is 0 Å². The summed E-state index contributed by atoms with van der Waals surface area (Å²) in [5.74, 6) is -0.306. The number of rotatable bonds is 6. The number of amides is 1. The Morgan fingerprint density at radius 3 is 2.84 bits per heavy atom. The van der Waals surface area contributed by atoms with Crippen LogP contribution in [0.3, 0.4) is 0 Å². The molecule has 0 spiro atoms. The summed E-state index contributed by atoms with van der Waals surface area (Å²) in [5.41, 5.74) is 4.45. The molecule has 0 bridgehead atoms.